The Labute approximate surface area is 177 Å². The molecule has 0 aromatic heterocycles. The lowest BCUT2D eigenvalue weighted by molar-refractivity contribution is 0.0940. The summed E-state index contributed by atoms with van der Waals surface area (Å²) < 4.78 is 0. The Kier molecular flexibility index (Phi) is 4.89. The van der Waals surface area contributed by atoms with E-state index in [1.807, 2.05) is 65.6 Å². The van der Waals surface area contributed by atoms with E-state index in [4.69, 9.17) is 0 Å². The first-order valence-corrected chi connectivity index (χ1v) is 10.6. The molecule has 3 aromatic rings. The van der Waals surface area contributed by atoms with E-state index in [9.17, 15) is 9.90 Å². The second-order valence-corrected chi connectivity index (χ2v) is 8.34. The van der Waals surface area contributed by atoms with E-state index in [1.54, 1.807) is 0 Å². The third kappa shape index (κ3) is 3.22. The SMILES string of the molecule is C[C@@H](NC1c2cccc3c2C(CC1O)CN3C(=O)c1ccccc1)c1ccccc1. The average Bonchev–Trinajstić information content (AvgIpc) is 3.16. The molecule has 0 saturated heterocycles. The molecule has 152 valence electrons. The molecule has 2 aliphatic rings. The van der Waals surface area contributed by atoms with Crippen molar-refractivity contribution in [2.45, 2.75) is 37.5 Å². The van der Waals surface area contributed by atoms with E-state index in [-0.39, 0.29) is 23.9 Å². The van der Waals surface area contributed by atoms with Crippen LogP contribution < -0.4 is 10.2 Å². The zero-order valence-electron chi connectivity index (χ0n) is 17.0. The number of benzene rings is 3. The summed E-state index contributed by atoms with van der Waals surface area (Å²) in [6.07, 6.45) is 0.164. The van der Waals surface area contributed by atoms with Crippen LogP contribution in [-0.2, 0) is 0 Å². The van der Waals surface area contributed by atoms with Crippen molar-refractivity contribution in [3.05, 3.63) is 101 Å². The summed E-state index contributed by atoms with van der Waals surface area (Å²) in [5, 5.41) is 14.7. The second kappa shape index (κ2) is 7.71. The Bertz CT molecular complexity index is 1050. The maximum Gasteiger partial charge on any atom is 0.258 e. The number of nitrogens with one attached hydrogen (secondary N) is 1. The molecule has 0 fully saturated rings. The molecular formula is C26H26N2O2. The topological polar surface area (TPSA) is 52.6 Å². The van der Waals surface area contributed by atoms with Gasteiger partial charge in [-0.3, -0.25) is 4.79 Å². The molecule has 0 bridgehead atoms. The third-order valence-corrected chi connectivity index (χ3v) is 6.46. The molecule has 5 rings (SSSR count). The molecule has 3 unspecified atom stereocenters. The summed E-state index contributed by atoms with van der Waals surface area (Å²) in [5.41, 5.74) is 5.20. The number of carbonyl (C=O) groups is 1. The van der Waals surface area contributed by atoms with Gasteiger partial charge in [0.15, 0.2) is 0 Å². The third-order valence-electron chi connectivity index (χ3n) is 6.46. The van der Waals surface area contributed by atoms with Crippen molar-refractivity contribution < 1.29 is 9.90 Å². The molecule has 30 heavy (non-hydrogen) atoms. The van der Waals surface area contributed by atoms with E-state index in [0.29, 0.717) is 18.5 Å². The van der Waals surface area contributed by atoms with Crippen molar-refractivity contribution in [3.63, 3.8) is 0 Å². The maximum absolute atomic E-state index is 13.2. The van der Waals surface area contributed by atoms with Crippen LogP contribution in [0.1, 0.15) is 58.4 Å². The summed E-state index contributed by atoms with van der Waals surface area (Å²) in [7, 11) is 0. The Morgan fingerprint density at radius 2 is 1.70 bits per heavy atom. The fourth-order valence-electron chi connectivity index (χ4n) is 5.00. The second-order valence-electron chi connectivity index (χ2n) is 8.34. The number of hydrogen-bond acceptors (Lipinski definition) is 3. The van der Waals surface area contributed by atoms with Crippen LogP contribution in [0.15, 0.2) is 78.9 Å². The van der Waals surface area contributed by atoms with Gasteiger partial charge in [0.25, 0.3) is 5.91 Å². The largest absolute Gasteiger partial charge is 0.391 e. The monoisotopic (exact) mass is 398 g/mol. The van der Waals surface area contributed by atoms with Crippen LogP contribution in [-0.4, -0.2) is 23.7 Å². The number of amides is 1. The van der Waals surface area contributed by atoms with E-state index in [0.717, 1.165) is 11.3 Å². The molecule has 3 aromatic carbocycles. The van der Waals surface area contributed by atoms with Gasteiger partial charge < -0.3 is 15.3 Å². The quantitative estimate of drug-likeness (QED) is 0.676. The Morgan fingerprint density at radius 1 is 1.00 bits per heavy atom. The van der Waals surface area contributed by atoms with Crippen molar-refractivity contribution in [3.8, 4) is 0 Å². The molecule has 1 amide bonds. The molecule has 4 heteroatoms. The summed E-state index contributed by atoms with van der Waals surface area (Å²) in [5.74, 6) is 0.194. The Hall–Kier alpha value is -2.95. The van der Waals surface area contributed by atoms with Gasteiger partial charge in [-0.05, 0) is 48.2 Å². The summed E-state index contributed by atoms with van der Waals surface area (Å²) in [6.45, 7) is 2.75. The minimum absolute atomic E-state index is 0.0232. The lowest BCUT2D eigenvalue weighted by Crippen LogP contribution is -2.38. The number of rotatable bonds is 4. The number of hydrogen-bond donors (Lipinski definition) is 2. The van der Waals surface area contributed by atoms with E-state index < -0.39 is 6.10 Å². The van der Waals surface area contributed by atoms with Gasteiger partial charge in [0.2, 0.25) is 0 Å². The summed E-state index contributed by atoms with van der Waals surface area (Å²) >= 11 is 0. The zero-order valence-corrected chi connectivity index (χ0v) is 17.0. The van der Waals surface area contributed by atoms with Gasteiger partial charge in [-0.2, -0.15) is 0 Å². The van der Waals surface area contributed by atoms with Crippen molar-refractivity contribution in [2.24, 2.45) is 0 Å². The lowest BCUT2D eigenvalue weighted by atomic mass is 9.79. The summed E-state index contributed by atoms with van der Waals surface area (Å²) in [4.78, 5) is 15.1. The number of aliphatic hydroxyl groups is 1. The molecule has 1 aliphatic carbocycles. The van der Waals surface area contributed by atoms with Gasteiger partial charge in [0.1, 0.15) is 0 Å². The van der Waals surface area contributed by atoms with Gasteiger partial charge in [-0.25, -0.2) is 0 Å². The highest BCUT2D eigenvalue weighted by Gasteiger charge is 2.42. The Balaban J connectivity index is 1.48. The molecule has 1 heterocycles. The lowest BCUT2D eigenvalue weighted by Gasteiger charge is -2.35. The maximum atomic E-state index is 13.2. The molecular weight excluding hydrogens is 372 g/mol. The average molecular weight is 399 g/mol. The first-order valence-electron chi connectivity index (χ1n) is 10.6. The number of nitrogens with zero attached hydrogens (tertiary/aromatic N) is 1. The van der Waals surface area contributed by atoms with Crippen LogP contribution in [0.4, 0.5) is 5.69 Å². The van der Waals surface area contributed by atoms with Crippen LogP contribution in [0.5, 0.6) is 0 Å². The zero-order chi connectivity index (χ0) is 20.7. The van der Waals surface area contributed by atoms with Gasteiger partial charge >= 0.3 is 0 Å². The molecule has 1 aliphatic heterocycles. The van der Waals surface area contributed by atoms with Gasteiger partial charge in [-0.1, -0.05) is 60.7 Å². The highest BCUT2D eigenvalue weighted by Crippen LogP contribution is 2.48. The molecule has 4 nitrogen and oxygen atoms in total. The standard InChI is InChI=1S/C26H26N2O2/c1-17(18-9-4-2-5-10-18)27-25-21-13-8-14-22-24(21)20(15-23(25)29)16-28(22)26(30)19-11-6-3-7-12-19/h2-14,17,20,23,25,27,29H,15-16H2,1H3/t17-,20?,23?,25?/m1/s1. The van der Waals surface area contributed by atoms with E-state index in [2.05, 4.69) is 30.4 Å². The Morgan fingerprint density at radius 3 is 2.43 bits per heavy atom. The molecule has 4 atom stereocenters. The molecule has 0 spiro atoms. The molecule has 2 N–H and O–H groups in total. The highest BCUT2D eigenvalue weighted by atomic mass is 16.3. The minimum atomic E-state index is -0.490. The normalized spacial score (nSPS) is 23.1. The van der Waals surface area contributed by atoms with Crippen LogP contribution in [0.25, 0.3) is 0 Å². The smallest absolute Gasteiger partial charge is 0.258 e. The van der Waals surface area contributed by atoms with Crippen LogP contribution in [0.3, 0.4) is 0 Å². The van der Waals surface area contributed by atoms with E-state index >= 15 is 0 Å². The van der Waals surface area contributed by atoms with Crippen LogP contribution >= 0.6 is 0 Å². The van der Waals surface area contributed by atoms with Gasteiger partial charge in [0.05, 0.1) is 12.1 Å². The molecule has 0 saturated carbocycles. The summed E-state index contributed by atoms with van der Waals surface area (Å²) in [6, 6.07) is 25.8. The minimum Gasteiger partial charge on any atom is -0.391 e. The van der Waals surface area contributed by atoms with Gasteiger partial charge in [0, 0.05) is 29.8 Å². The van der Waals surface area contributed by atoms with E-state index in [1.165, 1.54) is 11.1 Å². The number of aliphatic hydroxyl groups excluding tert-OH is 1. The fourth-order valence-corrected chi connectivity index (χ4v) is 5.00. The van der Waals surface area contributed by atoms with Crippen LogP contribution in [0, 0.1) is 0 Å². The predicted molar refractivity (Wildman–Crippen MR) is 119 cm³/mol. The van der Waals surface area contributed by atoms with Gasteiger partial charge in [-0.15, -0.1) is 0 Å². The molecule has 0 radical (unpaired) electrons. The number of carbonyl (C=O) groups excluding carboxylic acids is 1. The predicted octanol–water partition coefficient (Wildman–Crippen LogP) is 4.59. The first kappa shape index (κ1) is 19.0. The first-order chi connectivity index (χ1) is 14.6. The highest BCUT2D eigenvalue weighted by molar-refractivity contribution is 6.07. The number of anilines is 1. The van der Waals surface area contributed by atoms with Crippen molar-refractivity contribution in [2.75, 3.05) is 11.4 Å². The van der Waals surface area contributed by atoms with Crippen molar-refractivity contribution in [1.29, 1.82) is 0 Å². The van der Waals surface area contributed by atoms with Crippen molar-refractivity contribution in [1.82, 2.24) is 5.32 Å². The van der Waals surface area contributed by atoms with Crippen molar-refractivity contribution >= 4 is 11.6 Å². The van der Waals surface area contributed by atoms with Crippen LogP contribution in [0.2, 0.25) is 0 Å². The fraction of sp³-hybridized carbons (Fsp3) is 0.269.